The molecule has 0 fully saturated rings. The molecule has 3 nitrogen and oxygen atoms in total. The first kappa shape index (κ1) is 10.1. The van der Waals surface area contributed by atoms with Crippen molar-refractivity contribution in [2.24, 2.45) is 0 Å². The number of rotatable bonds is 4. The van der Waals surface area contributed by atoms with Crippen LogP contribution in [0.1, 0.15) is 10.4 Å². The fourth-order valence-electron chi connectivity index (χ4n) is 0.846. The van der Waals surface area contributed by atoms with Crippen LogP contribution < -0.4 is 0 Å². The topological polar surface area (TPSA) is 46.5 Å². The monoisotopic (exact) mass is 198 g/mol. The number of carboxylic acid groups (broad SMARTS) is 1. The maximum absolute atomic E-state index is 10.6. The summed E-state index contributed by atoms with van der Waals surface area (Å²) in [5.74, 6) is -0.372. The second kappa shape index (κ2) is 4.89. The number of aromatic carboxylic acids is 1. The third-order valence-corrected chi connectivity index (χ3v) is 2.37. The number of carboxylic acids is 1. The Kier molecular flexibility index (Phi) is 3.79. The minimum absolute atomic E-state index is 0.307. The van der Waals surface area contributed by atoms with E-state index in [1.807, 2.05) is 6.07 Å². The van der Waals surface area contributed by atoms with Crippen LogP contribution >= 0.6 is 11.8 Å². The predicted molar refractivity (Wildman–Crippen MR) is 51.1 cm³/mol. The molecule has 1 aromatic carbocycles. The van der Waals surface area contributed by atoms with Crippen LogP contribution in [0.4, 0.5) is 0 Å². The maximum atomic E-state index is 10.6. The highest BCUT2D eigenvalue weighted by Crippen LogP contribution is 2.18. The van der Waals surface area contributed by atoms with E-state index in [1.165, 1.54) is 11.8 Å². The summed E-state index contributed by atoms with van der Waals surface area (Å²) in [5.41, 5.74) is 0.307. The van der Waals surface area contributed by atoms with Crippen molar-refractivity contribution < 1.29 is 14.6 Å². The Morgan fingerprint density at radius 3 is 3.00 bits per heavy atom. The second-order valence-electron chi connectivity index (χ2n) is 2.38. The number of ether oxygens (including phenoxy) is 1. The summed E-state index contributed by atoms with van der Waals surface area (Å²) in [6.45, 7) is 0. The fraction of sp³-hybridized carbons (Fsp3) is 0.222. The molecule has 13 heavy (non-hydrogen) atoms. The van der Waals surface area contributed by atoms with Crippen molar-refractivity contribution in [3.8, 4) is 0 Å². The summed E-state index contributed by atoms with van der Waals surface area (Å²) in [6.07, 6.45) is 0. The van der Waals surface area contributed by atoms with Crippen molar-refractivity contribution in [1.82, 2.24) is 0 Å². The van der Waals surface area contributed by atoms with Gasteiger partial charge < -0.3 is 9.84 Å². The fourth-order valence-corrected chi connectivity index (χ4v) is 1.48. The highest BCUT2D eigenvalue weighted by molar-refractivity contribution is 7.99. The van der Waals surface area contributed by atoms with E-state index >= 15 is 0 Å². The molecule has 0 amide bonds. The number of thioether (sulfide) groups is 1. The molecule has 0 aliphatic carbocycles. The van der Waals surface area contributed by atoms with Gasteiger partial charge in [0.1, 0.15) is 0 Å². The lowest BCUT2D eigenvalue weighted by Gasteiger charge is -2.00. The molecule has 0 aliphatic heterocycles. The van der Waals surface area contributed by atoms with Crippen molar-refractivity contribution in [1.29, 1.82) is 0 Å². The number of benzene rings is 1. The minimum Gasteiger partial charge on any atom is -0.478 e. The van der Waals surface area contributed by atoms with Crippen molar-refractivity contribution in [3.63, 3.8) is 0 Å². The van der Waals surface area contributed by atoms with Gasteiger partial charge in [-0.2, -0.15) is 0 Å². The van der Waals surface area contributed by atoms with Gasteiger partial charge in [0, 0.05) is 12.0 Å². The molecule has 0 saturated carbocycles. The van der Waals surface area contributed by atoms with E-state index in [1.54, 1.807) is 25.3 Å². The molecule has 1 N–H and O–H groups in total. The third-order valence-electron chi connectivity index (χ3n) is 1.42. The Morgan fingerprint density at radius 2 is 2.38 bits per heavy atom. The van der Waals surface area contributed by atoms with Crippen LogP contribution in [0.5, 0.6) is 0 Å². The Hall–Kier alpha value is -1.00. The molecule has 1 aromatic rings. The van der Waals surface area contributed by atoms with E-state index in [0.29, 0.717) is 11.5 Å². The van der Waals surface area contributed by atoms with Crippen molar-refractivity contribution in [3.05, 3.63) is 29.8 Å². The van der Waals surface area contributed by atoms with E-state index < -0.39 is 5.97 Å². The molecule has 0 spiro atoms. The largest absolute Gasteiger partial charge is 0.478 e. The normalized spacial score (nSPS) is 9.92. The molecule has 0 aromatic heterocycles. The number of hydrogen-bond donors (Lipinski definition) is 1. The summed E-state index contributed by atoms with van der Waals surface area (Å²) >= 11 is 1.47. The molecule has 0 aliphatic rings. The molecule has 0 unspecified atom stereocenters. The van der Waals surface area contributed by atoms with Crippen LogP contribution in [0.3, 0.4) is 0 Å². The van der Waals surface area contributed by atoms with Crippen LogP contribution in [-0.4, -0.2) is 24.1 Å². The Morgan fingerprint density at radius 1 is 1.62 bits per heavy atom. The van der Waals surface area contributed by atoms with E-state index in [-0.39, 0.29) is 0 Å². The van der Waals surface area contributed by atoms with Crippen LogP contribution in [0.15, 0.2) is 29.2 Å². The van der Waals surface area contributed by atoms with Crippen LogP contribution in [0.25, 0.3) is 0 Å². The van der Waals surface area contributed by atoms with Crippen LogP contribution in [0, 0.1) is 0 Å². The van der Waals surface area contributed by atoms with Gasteiger partial charge in [0.2, 0.25) is 0 Å². The summed E-state index contributed by atoms with van der Waals surface area (Å²) < 4.78 is 4.86. The summed E-state index contributed by atoms with van der Waals surface area (Å²) in [6, 6.07) is 6.78. The van der Waals surface area contributed by atoms with Crippen molar-refractivity contribution in [2.45, 2.75) is 4.90 Å². The highest BCUT2D eigenvalue weighted by atomic mass is 32.2. The van der Waals surface area contributed by atoms with Crippen molar-refractivity contribution >= 4 is 17.7 Å². The molecule has 0 saturated heterocycles. The average molecular weight is 198 g/mol. The van der Waals surface area contributed by atoms with Gasteiger partial charge in [-0.05, 0) is 18.2 Å². The van der Waals surface area contributed by atoms with Gasteiger partial charge in [0.25, 0.3) is 0 Å². The lowest BCUT2D eigenvalue weighted by molar-refractivity contribution is 0.0696. The predicted octanol–water partition coefficient (Wildman–Crippen LogP) is 2.08. The maximum Gasteiger partial charge on any atom is 0.335 e. The first-order valence-electron chi connectivity index (χ1n) is 3.69. The average Bonchev–Trinajstić information content (AvgIpc) is 2.15. The molecule has 0 bridgehead atoms. The molecule has 0 atom stereocenters. The zero-order valence-corrected chi connectivity index (χ0v) is 8.00. The zero-order valence-electron chi connectivity index (χ0n) is 7.19. The van der Waals surface area contributed by atoms with Gasteiger partial charge in [0.15, 0.2) is 0 Å². The second-order valence-corrected chi connectivity index (χ2v) is 3.38. The highest BCUT2D eigenvalue weighted by Gasteiger charge is 2.02. The van der Waals surface area contributed by atoms with Crippen LogP contribution in [-0.2, 0) is 4.74 Å². The summed E-state index contributed by atoms with van der Waals surface area (Å²) in [7, 11) is 1.61. The van der Waals surface area contributed by atoms with Crippen LogP contribution in [0.2, 0.25) is 0 Å². The Labute approximate surface area is 80.7 Å². The summed E-state index contributed by atoms with van der Waals surface area (Å²) in [4.78, 5) is 11.5. The molecule has 4 heteroatoms. The SMILES string of the molecule is COCSc1cccc(C(=O)O)c1. The molecule has 1 rings (SSSR count). The Balaban J connectivity index is 2.73. The lowest BCUT2D eigenvalue weighted by Crippen LogP contribution is -1.95. The Bertz CT molecular complexity index is 299. The van der Waals surface area contributed by atoms with Gasteiger partial charge in [-0.25, -0.2) is 4.79 Å². The van der Waals surface area contributed by atoms with E-state index in [0.717, 1.165) is 4.90 Å². The van der Waals surface area contributed by atoms with Gasteiger partial charge in [0.05, 0.1) is 11.5 Å². The van der Waals surface area contributed by atoms with Crippen molar-refractivity contribution in [2.75, 3.05) is 13.0 Å². The van der Waals surface area contributed by atoms with Gasteiger partial charge in [-0.15, -0.1) is 0 Å². The smallest absolute Gasteiger partial charge is 0.335 e. The third kappa shape index (κ3) is 3.08. The van der Waals surface area contributed by atoms with E-state index in [9.17, 15) is 4.79 Å². The molecular weight excluding hydrogens is 188 g/mol. The lowest BCUT2D eigenvalue weighted by atomic mass is 10.2. The molecular formula is C9H10O3S. The molecule has 0 heterocycles. The first-order chi connectivity index (χ1) is 6.24. The van der Waals surface area contributed by atoms with E-state index in [4.69, 9.17) is 9.84 Å². The molecule has 70 valence electrons. The quantitative estimate of drug-likeness (QED) is 0.594. The minimum atomic E-state index is -0.903. The summed E-state index contributed by atoms with van der Waals surface area (Å²) in [5, 5.41) is 8.69. The number of hydrogen-bond acceptors (Lipinski definition) is 3. The van der Waals surface area contributed by atoms with Gasteiger partial charge in [-0.1, -0.05) is 17.8 Å². The standard InChI is InChI=1S/C9H10O3S/c1-12-6-13-8-4-2-3-7(5-8)9(10)11/h2-5H,6H2,1H3,(H,10,11). The zero-order chi connectivity index (χ0) is 9.68. The van der Waals surface area contributed by atoms with Gasteiger partial charge in [-0.3, -0.25) is 0 Å². The number of methoxy groups -OCH3 is 1. The van der Waals surface area contributed by atoms with Gasteiger partial charge >= 0.3 is 5.97 Å². The molecule has 0 radical (unpaired) electrons. The number of carbonyl (C=O) groups is 1. The first-order valence-corrected chi connectivity index (χ1v) is 4.67. The van der Waals surface area contributed by atoms with E-state index in [2.05, 4.69) is 0 Å².